The monoisotopic (exact) mass is 372 g/mol. The van der Waals surface area contributed by atoms with Gasteiger partial charge in [0.1, 0.15) is 11.2 Å². The van der Waals surface area contributed by atoms with Gasteiger partial charge in [-0.15, -0.1) is 0 Å². The molecule has 6 nitrogen and oxygen atoms in total. The molecule has 1 unspecified atom stereocenters. The lowest BCUT2D eigenvalue weighted by Crippen LogP contribution is -2.40. The van der Waals surface area contributed by atoms with Gasteiger partial charge in [0, 0.05) is 25.0 Å². The quantitative estimate of drug-likeness (QED) is 0.821. The number of amides is 1. The minimum absolute atomic E-state index is 0.0507. The molecule has 1 saturated carbocycles. The molecular weight excluding hydrogens is 340 g/mol. The van der Waals surface area contributed by atoms with Crippen molar-refractivity contribution in [1.29, 1.82) is 0 Å². The third-order valence-electron chi connectivity index (χ3n) is 5.08. The summed E-state index contributed by atoms with van der Waals surface area (Å²) in [5.74, 6) is 0.587. The summed E-state index contributed by atoms with van der Waals surface area (Å²) in [5, 5.41) is 0. The fourth-order valence-corrected chi connectivity index (χ4v) is 3.28. The molecule has 1 amide bonds. The van der Waals surface area contributed by atoms with Crippen LogP contribution in [-0.4, -0.2) is 32.5 Å². The maximum absolute atomic E-state index is 12.7. The van der Waals surface area contributed by atoms with E-state index in [1.165, 1.54) is 19.3 Å². The van der Waals surface area contributed by atoms with Crippen LogP contribution in [0.1, 0.15) is 70.7 Å². The molecular formula is C21H32N4O2. The van der Waals surface area contributed by atoms with Crippen molar-refractivity contribution in [3.05, 3.63) is 35.8 Å². The maximum atomic E-state index is 12.7. The average Bonchev–Trinajstić information content (AvgIpc) is 2.97. The van der Waals surface area contributed by atoms with Crippen molar-refractivity contribution >= 4 is 11.7 Å². The van der Waals surface area contributed by atoms with Gasteiger partial charge in [0.2, 0.25) is 0 Å². The Morgan fingerprint density at radius 3 is 2.70 bits per heavy atom. The van der Waals surface area contributed by atoms with E-state index in [0.29, 0.717) is 12.5 Å². The summed E-state index contributed by atoms with van der Waals surface area (Å²) in [6, 6.07) is 3.96. The van der Waals surface area contributed by atoms with Crippen molar-refractivity contribution in [1.82, 2.24) is 14.3 Å². The Balaban J connectivity index is 1.78. The molecule has 1 aliphatic carbocycles. The van der Waals surface area contributed by atoms with Crippen molar-refractivity contribution in [3.63, 3.8) is 0 Å². The minimum Gasteiger partial charge on any atom is -0.444 e. The van der Waals surface area contributed by atoms with Gasteiger partial charge in [-0.3, -0.25) is 0 Å². The molecule has 0 aliphatic heterocycles. The van der Waals surface area contributed by atoms with Gasteiger partial charge in [0.05, 0.1) is 12.2 Å². The Hall–Kier alpha value is -2.08. The molecule has 3 rings (SSSR count). The molecule has 1 atom stereocenters. The Bertz CT molecular complexity index is 789. The first kappa shape index (κ1) is 19.7. The molecule has 1 aliphatic rings. The van der Waals surface area contributed by atoms with Gasteiger partial charge in [0.25, 0.3) is 0 Å². The highest BCUT2D eigenvalue weighted by atomic mass is 16.6. The molecule has 2 aromatic rings. The van der Waals surface area contributed by atoms with Crippen LogP contribution >= 0.6 is 0 Å². The van der Waals surface area contributed by atoms with Crippen LogP contribution < -0.4 is 5.73 Å². The van der Waals surface area contributed by atoms with E-state index in [2.05, 4.69) is 11.9 Å². The molecule has 0 radical (unpaired) electrons. The molecule has 6 heteroatoms. The van der Waals surface area contributed by atoms with Crippen molar-refractivity contribution in [2.45, 2.75) is 71.6 Å². The first-order chi connectivity index (χ1) is 12.7. The number of nitrogens with two attached hydrogens (primary N) is 1. The molecule has 0 saturated heterocycles. The molecule has 2 N–H and O–H groups in total. The number of carbonyl (C=O) groups excluding carboxylic acids is 1. The lowest BCUT2D eigenvalue weighted by atomic mass is 9.85. The third kappa shape index (κ3) is 5.01. The van der Waals surface area contributed by atoms with E-state index in [1.807, 2.05) is 54.6 Å². The standard InChI is InChI=1S/C21H32N4O2/c1-5-17(22)18-14-24-12-16(9-10-19(24)23-18)13-25(11-15-7-6-8-15)20(26)27-21(2,3)4/h9-10,12,14-15,17H,5-8,11,13,22H2,1-4H3. The van der Waals surface area contributed by atoms with Gasteiger partial charge in [-0.05, 0) is 57.6 Å². The summed E-state index contributed by atoms with van der Waals surface area (Å²) in [4.78, 5) is 19.1. The van der Waals surface area contributed by atoms with Gasteiger partial charge in [-0.25, -0.2) is 9.78 Å². The SMILES string of the molecule is CCC(N)c1cn2cc(CN(CC3CCC3)C(=O)OC(C)(C)C)ccc2n1. The van der Waals surface area contributed by atoms with Gasteiger partial charge < -0.3 is 19.8 Å². The first-order valence-corrected chi connectivity index (χ1v) is 9.96. The summed E-state index contributed by atoms with van der Waals surface area (Å²) in [6.07, 6.45) is 8.27. The lowest BCUT2D eigenvalue weighted by molar-refractivity contribution is 0.0173. The van der Waals surface area contributed by atoms with E-state index in [4.69, 9.17) is 10.5 Å². The van der Waals surface area contributed by atoms with Gasteiger partial charge in [-0.1, -0.05) is 19.4 Å². The predicted octanol–water partition coefficient (Wildman–Crippen LogP) is 4.28. The zero-order chi connectivity index (χ0) is 19.6. The zero-order valence-corrected chi connectivity index (χ0v) is 16.9. The van der Waals surface area contributed by atoms with Gasteiger partial charge in [-0.2, -0.15) is 0 Å². The van der Waals surface area contributed by atoms with Crippen LogP contribution in [0.5, 0.6) is 0 Å². The minimum atomic E-state index is -0.492. The number of hydrogen-bond donors (Lipinski definition) is 1. The second kappa shape index (κ2) is 7.89. The first-order valence-electron chi connectivity index (χ1n) is 9.96. The summed E-state index contributed by atoms with van der Waals surface area (Å²) in [5.41, 5.74) is 8.44. The molecule has 0 bridgehead atoms. The number of pyridine rings is 1. The topological polar surface area (TPSA) is 72.9 Å². The Kier molecular flexibility index (Phi) is 5.75. The highest BCUT2D eigenvalue weighted by Crippen LogP contribution is 2.28. The number of fused-ring (bicyclic) bond motifs is 1. The number of nitrogens with zero attached hydrogens (tertiary/aromatic N) is 3. The van der Waals surface area contributed by atoms with Crippen LogP contribution in [0, 0.1) is 5.92 Å². The van der Waals surface area contributed by atoms with Crippen LogP contribution in [0.3, 0.4) is 0 Å². The molecule has 0 aromatic carbocycles. The largest absolute Gasteiger partial charge is 0.444 e. The maximum Gasteiger partial charge on any atom is 0.410 e. The smallest absolute Gasteiger partial charge is 0.410 e. The number of imidazole rings is 1. The zero-order valence-electron chi connectivity index (χ0n) is 16.9. The number of carbonyl (C=O) groups is 1. The molecule has 148 valence electrons. The van der Waals surface area contributed by atoms with Crippen molar-refractivity contribution < 1.29 is 9.53 Å². The van der Waals surface area contributed by atoms with Crippen LogP contribution in [0.25, 0.3) is 5.65 Å². The number of rotatable bonds is 6. The molecule has 2 aromatic heterocycles. The lowest BCUT2D eigenvalue weighted by Gasteiger charge is -2.33. The van der Waals surface area contributed by atoms with E-state index in [1.54, 1.807) is 0 Å². The van der Waals surface area contributed by atoms with Crippen LogP contribution in [0.15, 0.2) is 24.5 Å². The normalized spacial score (nSPS) is 16.2. The highest BCUT2D eigenvalue weighted by molar-refractivity contribution is 5.68. The molecule has 27 heavy (non-hydrogen) atoms. The van der Waals surface area contributed by atoms with Crippen LogP contribution in [-0.2, 0) is 11.3 Å². The fraction of sp³-hybridized carbons (Fsp3) is 0.619. The average molecular weight is 373 g/mol. The van der Waals surface area contributed by atoms with E-state index >= 15 is 0 Å². The van der Waals surface area contributed by atoms with E-state index in [-0.39, 0.29) is 12.1 Å². The van der Waals surface area contributed by atoms with Crippen LogP contribution in [0.2, 0.25) is 0 Å². The summed E-state index contributed by atoms with van der Waals surface area (Å²) in [6.45, 7) is 9.06. The molecule has 0 spiro atoms. The van der Waals surface area contributed by atoms with E-state index < -0.39 is 5.60 Å². The van der Waals surface area contributed by atoms with Crippen molar-refractivity contribution in [2.75, 3.05) is 6.54 Å². The third-order valence-corrected chi connectivity index (χ3v) is 5.08. The number of aromatic nitrogens is 2. The highest BCUT2D eigenvalue weighted by Gasteiger charge is 2.27. The summed E-state index contributed by atoms with van der Waals surface area (Å²) < 4.78 is 7.63. The molecule has 2 heterocycles. The summed E-state index contributed by atoms with van der Waals surface area (Å²) in [7, 11) is 0. The predicted molar refractivity (Wildman–Crippen MR) is 106 cm³/mol. The van der Waals surface area contributed by atoms with Crippen LogP contribution in [0.4, 0.5) is 4.79 Å². The van der Waals surface area contributed by atoms with Gasteiger partial charge in [0.15, 0.2) is 0 Å². The fourth-order valence-electron chi connectivity index (χ4n) is 3.28. The number of ether oxygens (including phenoxy) is 1. The Labute approximate surface area is 161 Å². The van der Waals surface area contributed by atoms with Crippen molar-refractivity contribution in [3.8, 4) is 0 Å². The van der Waals surface area contributed by atoms with E-state index in [9.17, 15) is 4.79 Å². The number of hydrogen-bond acceptors (Lipinski definition) is 4. The molecule has 1 fully saturated rings. The Morgan fingerprint density at radius 1 is 1.37 bits per heavy atom. The van der Waals surface area contributed by atoms with Crippen molar-refractivity contribution in [2.24, 2.45) is 11.7 Å². The summed E-state index contributed by atoms with van der Waals surface area (Å²) >= 11 is 0. The second-order valence-electron chi connectivity index (χ2n) is 8.64. The van der Waals surface area contributed by atoms with Gasteiger partial charge >= 0.3 is 6.09 Å². The van der Waals surface area contributed by atoms with E-state index in [0.717, 1.165) is 29.9 Å². The Morgan fingerprint density at radius 2 is 2.11 bits per heavy atom. The second-order valence-corrected chi connectivity index (χ2v) is 8.64.